The summed E-state index contributed by atoms with van der Waals surface area (Å²) in [5.74, 6) is -0.249. The van der Waals surface area contributed by atoms with Gasteiger partial charge in [0.25, 0.3) is 11.5 Å². The summed E-state index contributed by atoms with van der Waals surface area (Å²) in [6.07, 6.45) is 0.432. The first-order valence-electron chi connectivity index (χ1n) is 10.1. The number of aromatic nitrogens is 2. The Morgan fingerprint density at radius 2 is 1.88 bits per heavy atom. The van der Waals surface area contributed by atoms with Crippen LogP contribution in [0.4, 0.5) is 0 Å². The Morgan fingerprint density at radius 1 is 1.16 bits per heavy atom. The molecule has 2 amide bonds. The number of rotatable bonds is 7. The van der Waals surface area contributed by atoms with Gasteiger partial charge in [-0.1, -0.05) is 49.2 Å². The number of hydrogen-bond donors (Lipinski definition) is 2. The SMILES string of the molecule is CC(C)CC(NC(=O)c1ccc(Cl)cc1Cl)C(=O)N(C)Cc1nc2ccccc2c(=O)[nH]1. The topological polar surface area (TPSA) is 95.2 Å². The predicted octanol–water partition coefficient (Wildman–Crippen LogP) is 4.03. The number of benzene rings is 2. The summed E-state index contributed by atoms with van der Waals surface area (Å²) in [7, 11) is 1.60. The van der Waals surface area contributed by atoms with E-state index in [1.807, 2.05) is 13.8 Å². The molecule has 2 N–H and O–H groups in total. The van der Waals surface area contributed by atoms with Crippen molar-refractivity contribution in [1.82, 2.24) is 20.2 Å². The van der Waals surface area contributed by atoms with Crippen LogP contribution in [-0.4, -0.2) is 39.8 Å². The maximum atomic E-state index is 13.2. The Hall–Kier alpha value is -2.90. The van der Waals surface area contributed by atoms with E-state index in [0.717, 1.165) is 0 Å². The number of carbonyl (C=O) groups is 2. The van der Waals surface area contributed by atoms with Crippen molar-refractivity contribution in [1.29, 1.82) is 0 Å². The molecule has 168 valence electrons. The summed E-state index contributed by atoms with van der Waals surface area (Å²) in [4.78, 5) is 46.9. The summed E-state index contributed by atoms with van der Waals surface area (Å²) in [5, 5.41) is 3.88. The van der Waals surface area contributed by atoms with Crippen LogP contribution >= 0.6 is 23.2 Å². The summed E-state index contributed by atoms with van der Waals surface area (Å²) >= 11 is 12.0. The van der Waals surface area contributed by atoms with Crippen LogP contribution in [0.15, 0.2) is 47.3 Å². The fraction of sp³-hybridized carbons (Fsp3) is 0.304. The van der Waals surface area contributed by atoms with E-state index >= 15 is 0 Å². The molecule has 1 aromatic heterocycles. The smallest absolute Gasteiger partial charge is 0.258 e. The number of nitrogens with one attached hydrogen (secondary N) is 2. The lowest BCUT2D eigenvalue weighted by Gasteiger charge is -2.25. The number of amides is 2. The standard InChI is InChI=1S/C23H24Cl2N4O3/c1-13(2)10-19(27-21(30)15-9-8-14(24)11-17(15)25)23(32)29(3)12-20-26-18-7-5-4-6-16(18)22(31)28-20/h4-9,11,13,19H,10,12H2,1-3H3,(H,27,30)(H,26,28,31). The zero-order valence-corrected chi connectivity index (χ0v) is 19.5. The van der Waals surface area contributed by atoms with Gasteiger partial charge in [0.15, 0.2) is 0 Å². The van der Waals surface area contributed by atoms with Crippen LogP contribution in [0.25, 0.3) is 10.9 Å². The molecule has 32 heavy (non-hydrogen) atoms. The van der Waals surface area contributed by atoms with Crippen LogP contribution in [0, 0.1) is 5.92 Å². The molecule has 0 aliphatic heterocycles. The van der Waals surface area contributed by atoms with Gasteiger partial charge < -0.3 is 15.2 Å². The monoisotopic (exact) mass is 474 g/mol. The third-order valence-electron chi connectivity index (χ3n) is 4.91. The molecule has 1 atom stereocenters. The predicted molar refractivity (Wildman–Crippen MR) is 126 cm³/mol. The van der Waals surface area contributed by atoms with E-state index in [0.29, 0.717) is 28.2 Å². The number of fused-ring (bicyclic) bond motifs is 1. The van der Waals surface area contributed by atoms with Crippen molar-refractivity contribution in [2.75, 3.05) is 7.05 Å². The third-order valence-corrected chi connectivity index (χ3v) is 5.46. The number of aromatic amines is 1. The molecule has 0 fully saturated rings. The molecule has 7 nitrogen and oxygen atoms in total. The van der Waals surface area contributed by atoms with Gasteiger partial charge in [0.05, 0.1) is 28.0 Å². The number of hydrogen-bond acceptors (Lipinski definition) is 4. The lowest BCUT2D eigenvalue weighted by Crippen LogP contribution is -2.48. The average molecular weight is 475 g/mol. The highest BCUT2D eigenvalue weighted by Crippen LogP contribution is 2.21. The number of para-hydroxylation sites is 1. The van der Waals surface area contributed by atoms with Gasteiger partial charge in [-0.2, -0.15) is 0 Å². The minimum Gasteiger partial charge on any atom is -0.340 e. The van der Waals surface area contributed by atoms with Crippen LogP contribution in [0.1, 0.15) is 36.5 Å². The fourth-order valence-electron chi connectivity index (χ4n) is 3.38. The van der Waals surface area contributed by atoms with Crippen LogP contribution in [0.2, 0.25) is 10.0 Å². The second kappa shape index (κ2) is 10.1. The minimum absolute atomic E-state index is 0.0884. The van der Waals surface area contributed by atoms with E-state index in [2.05, 4.69) is 15.3 Å². The molecule has 2 aromatic carbocycles. The van der Waals surface area contributed by atoms with Crippen molar-refractivity contribution in [3.8, 4) is 0 Å². The summed E-state index contributed by atoms with van der Waals surface area (Å²) in [6, 6.07) is 10.8. The first-order chi connectivity index (χ1) is 15.2. The molecule has 1 unspecified atom stereocenters. The van der Waals surface area contributed by atoms with E-state index in [-0.39, 0.29) is 34.5 Å². The van der Waals surface area contributed by atoms with Gasteiger partial charge in [-0.05, 0) is 42.7 Å². The molecule has 0 radical (unpaired) electrons. The highest BCUT2D eigenvalue weighted by Gasteiger charge is 2.26. The van der Waals surface area contributed by atoms with Crippen molar-refractivity contribution >= 4 is 45.9 Å². The number of H-pyrrole nitrogens is 1. The maximum absolute atomic E-state index is 13.2. The van der Waals surface area contributed by atoms with E-state index in [9.17, 15) is 14.4 Å². The molecule has 9 heteroatoms. The first-order valence-corrected chi connectivity index (χ1v) is 10.9. The van der Waals surface area contributed by atoms with Gasteiger partial charge in [0.2, 0.25) is 5.91 Å². The summed E-state index contributed by atoms with van der Waals surface area (Å²) in [6.45, 7) is 4.01. The lowest BCUT2D eigenvalue weighted by atomic mass is 10.0. The number of carbonyl (C=O) groups excluding carboxylic acids is 2. The summed E-state index contributed by atoms with van der Waals surface area (Å²) in [5.41, 5.74) is 0.521. The molecule has 0 spiro atoms. The molecule has 1 heterocycles. The van der Waals surface area contributed by atoms with Crippen LogP contribution in [0.3, 0.4) is 0 Å². The molecule has 3 rings (SSSR count). The fourth-order valence-corrected chi connectivity index (χ4v) is 3.88. The molecule has 0 saturated heterocycles. The van der Waals surface area contributed by atoms with Gasteiger partial charge in [-0.3, -0.25) is 14.4 Å². The normalized spacial score (nSPS) is 12.1. The minimum atomic E-state index is -0.772. The molecule has 0 bridgehead atoms. The Labute approximate surface area is 195 Å². The van der Waals surface area contributed by atoms with Crippen LogP contribution in [-0.2, 0) is 11.3 Å². The van der Waals surface area contributed by atoms with Crippen molar-refractivity contribution in [2.24, 2.45) is 5.92 Å². The Morgan fingerprint density at radius 3 is 2.56 bits per heavy atom. The molecule has 0 saturated carbocycles. The Bertz CT molecular complexity index is 1210. The highest BCUT2D eigenvalue weighted by atomic mass is 35.5. The Kier molecular flexibility index (Phi) is 7.53. The second-order valence-corrected chi connectivity index (χ2v) is 8.85. The Balaban J connectivity index is 1.79. The van der Waals surface area contributed by atoms with Crippen molar-refractivity contribution in [3.63, 3.8) is 0 Å². The molecular formula is C23H24Cl2N4O3. The maximum Gasteiger partial charge on any atom is 0.258 e. The lowest BCUT2D eigenvalue weighted by molar-refractivity contribution is -0.133. The number of likely N-dealkylation sites (N-methyl/N-ethyl adjacent to an activating group) is 1. The number of nitrogens with zero attached hydrogens (tertiary/aromatic N) is 2. The van der Waals surface area contributed by atoms with Gasteiger partial charge in [0.1, 0.15) is 11.9 Å². The molecule has 0 aliphatic rings. The van der Waals surface area contributed by atoms with Gasteiger partial charge >= 0.3 is 0 Å². The van der Waals surface area contributed by atoms with Gasteiger partial charge in [-0.15, -0.1) is 0 Å². The van der Waals surface area contributed by atoms with E-state index in [1.54, 1.807) is 37.4 Å². The molecule has 3 aromatic rings. The van der Waals surface area contributed by atoms with Crippen molar-refractivity contribution in [3.05, 3.63) is 74.3 Å². The third kappa shape index (κ3) is 5.66. The van der Waals surface area contributed by atoms with Crippen LogP contribution < -0.4 is 10.9 Å². The largest absolute Gasteiger partial charge is 0.340 e. The van der Waals surface area contributed by atoms with Gasteiger partial charge in [0, 0.05) is 12.1 Å². The highest BCUT2D eigenvalue weighted by molar-refractivity contribution is 6.36. The van der Waals surface area contributed by atoms with E-state index in [4.69, 9.17) is 23.2 Å². The van der Waals surface area contributed by atoms with E-state index in [1.165, 1.54) is 17.0 Å². The zero-order chi connectivity index (χ0) is 23.4. The molecular weight excluding hydrogens is 451 g/mol. The molecule has 0 aliphatic carbocycles. The second-order valence-electron chi connectivity index (χ2n) is 8.00. The van der Waals surface area contributed by atoms with Crippen LogP contribution in [0.5, 0.6) is 0 Å². The van der Waals surface area contributed by atoms with E-state index < -0.39 is 11.9 Å². The van der Waals surface area contributed by atoms with Gasteiger partial charge in [-0.25, -0.2) is 4.98 Å². The quantitative estimate of drug-likeness (QED) is 0.540. The number of halogens is 2. The van der Waals surface area contributed by atoms with Crippen molar-refractivity contribution < 1.29 is 9.59 Å². The zero-order valence-electron chi connectivity index (χ0n) is 18.0. The average Bonchev–Trinajstić information content (AvgIpc) is 2.72. The van der Waals surface area contributed by atoms with Crippen molar-refractivity contribution in [2.45, 2.75) is 32.9 Å². The first kappa shape index (κ1) is 23.8. The summed E-state index contributed by atoms with van der Waals surface area (Å²) < 4.78 is 0.